The van der Waals surface area contributed by atoms with Crippen molar-refractivity contribution in [1.29, 1.82) is 0 Å². The Labute approximate surface area is 135 Å². The molecular formula is C17H22FN3O2. The molecular weight excluding hydrogens is 297 g/mol. The quantitative estimate of drug-likeness (QED) is 0.890. The Morgan fingerprint density at radius 3 is 2.48 bits per heavy atom. The molecule has 2 aliphatic rings. The van der Waals surface area contributed by atoms with Gasteiger partial charge in [0.2, 0.25) is 5.91 Å². The molecule has 1 aromatic rings. The zero-order valence-electron chi connectivity index (χ0n) is 13.0. The van der Waals surface area contributed by atoms with E-state index in [4.69, 9.17) is 5.73 Å². The van der Waals surface area contributed by atoms with Crippen molar-refractivity contribution in [2.75, 3.05) is 13.1 Å². The maximum Gasteiger partial charge on any atom is 0.317 e. The van der Waals surface area contributed by atoms with Crippen LogP contribution in [0.4, 0.5) is 9.18 Å². The van der Waals surface area contributed by atoms with Crippen molar-refractivity contribution >= 4 is 11.9 Å². The third kappa shape index (κ3) is 4.00. The molecule has 23 heavy (non-hydrogen) atoms. The monoisotopic (exact) mass is 319 g/mol. The number of primary amides is 1. The van der Waals surface area contributed by atoms with Gasteiger partial charge in [-0.3, -0.25) is 4.79 Å². The topological polar surface area (TPSA) is 75.4 Å². The highest BCUT2D eigenvalue weighted by Gasteiger charge is 2.40. The summed E-state index contributed by atoms with van der Waals surface area (Å²) in [6.07, 6.45) is 2.95. The van der Waals surface area contributed by atoms with Crippen molar-refractivity contribution in [2.24, 2.45) is 11.7 Å². The zero-order valence-corrected chi connectivity index (χ0v) is 13.0. The Hall–Kier alpha value is -2.11. The highest BCUT2D eigenvalue weighted by atomic mass is 19.1. The van der Waals surface area contributed by atoms with Crippen LogP contribution in [0.1, 0.15) is 37.2 Å². The highest BCUT2D eigenvalue weighted by Crippen LogP contribution is 2.40. The second-order valence-corrected chi connectivity index (χ2v) is 6.55. The number of nitrogens with two attached hydrogens (primary N) is 1. The Balaban J connectivity index is 1.44. The molecule has 3 N–H and O–H groups in total. The molecule has 2 fully saturated rings. The van der Waals surface area contributed by atoms with E-state index in [9.17, 15) is 14.0 Å². The van der Waals surface area contributed by atoms with Gasteiger partial charge in [-0.1, -0.05) is 12.1 Å². The van der Waals surface area contributed by atoms with Crippen LogP contribution in [-0.4, -0.2) is 36.0 Å². The van der Waals surface area contributed by atoms with Gasteiger partial charge in [0.15, 0.2) is 0 Å². The molecule has 0 spiro atoms. The first-order chi connectivity index (χ1) is 11.0. The van der Waals surface area contributed by atoms with E-state index >= 15 is 0 Å². The number of nitrogens with one attached hydrogen (secondary N) is 1. The van der Waals surface area contributed by atoms with Crippen molar-refractivity contribution in [2.45, 2.75) is 37.6 Å². The molecule has 0 radical (unpaired) electrons. The molecule has 1 heterocycles. The summed E-state index contributed by atoms with van der Waals surface area (Å²) in [7, 11) is 0. The van der Waals surface area contributed by atoms with Gasteiger partial charge < -0.3 is 16.0 Å². The smallest absolute Gasteiger partial charge is 0.317 e. The summed E-state index contributed by atoms with van der Waals surface area (Å²) in [6.45, 7) is 1.33. The summed E-state index contributed by atoms with van der Waals surface area (Å²) < 4.78 is 12.9. The largest absolute Gasteiger partial charge is 0.370 e. The Bertz CT molecular complexity index is 582. The van der Waals surface area contributed by atoms with Crippen LogP contribution in [0.3, 0.4) is 0 Å². The van der Waals surface area contributed by atoms with E-state index in [2.05, 4.69) is 5.32 Å². The minimum Gasteiger partial charge on any atom is -0.370 e. The molecule has 1 aliphatic heterocycles. The fourth-order valence-electron chi connectivity index (χ4n) is 3.31. The molecule has 1 saturated carbocycles. The molecule has 1 aromatic carbocycles. The summed E-state index contributed by atoms with van der Waals surface area (Å²) >= 11 is 0. The normalized spacial score (nSPS) is 24.3. The molecule has 124 valence electrons. The average Bonchev–Trinajstić information content (AvgIpc) is 3.27. The SMILES string of the molecule is NC(=O)CC1CCN(C(=O)N[C@@H]2C[C@@H]2c2ccc(F)cc2)CC1. The van der Waals surface area contributed by atoms with E-state index < -0.39 is 0 Å². The van der Waals surface area contributed by atoms with Crippen LogP contribution in [0.2, 0.25) is 0 Å². The number of hydrogen-bond donors (Lipinski definition) is 2. The van der Waals surface area contributed by atoms with Gasteiger partial charge in [0.05, 0.1) is 0 Å². The molecule has 1 saturated heterocycles. The van der Waals surface area contributed by atoms with Crippen LogP contribution in [0.15, 0.2) is 24.3 Å². The van der Waals surface area contributed by atoms with E-state index in [0.29, 0.717) is 25.4 Å². The van der Waals surface area contributed by atoms with Crippen molar-refractivity contribution in [3.05, 3.63) is 35.6 Å². The lowest BCUT2D eigenvalue weighted by atomic mass is 9.93. The van der Waals surface area contributed by atoms with Gasteiger partial charge in [-0.25, -0.2) is 9.18 Å². The summed E-state index contributed by atoms with van der Waals surface area (Å²) in [4.78, 5) is 25.0. The summed E-state index contributed by atoms with van der Waals surface area (Å²) in [5.41, 5.74) is 6.28. The molecule has 1 aliphatic carbocycles. The van der Waals surface area contributed by atoms with E-state index in [1.165, 1.54) is 12.1 Å². The maximum absolute atomic E-state index is 12.9. The lowest BCUT2D eigenvalue weighted by Gasteiger charge is -2.31. The molecule has 3 amide bonds. The molecule has 5 nitrogen and oxygen atoms in total. The van der Waals surface area contributed by atoms with Crippen LogP contribution >= 0.6 is 0 Å². The van der Waals surface area contributed by atoms with Crippen molar-refractivity contribution in [3.8, 4) is 0 Å². The number of nitrogens with zero attached hydrogens (tertiary/aromatic N) is 1. The molecule has 0 unspecified atom stereocenters. The molecule has 2 atom stereocenters. The standard InChI is InChI=1S/C17H22FN3O2/c18-13-3-1-12(2-4-13)14-10-15(14)20-17(23)21-7-5-11(6-8-21)9-16(19)22/h1-4,11,14-15H,5-10H2,(H2,19,22)(H,20,23)/t14-,15-/m1/s1. The van der Waals surface area contributed by atoms with Gasteiger partial charge in [-0.15, -0.1) is 0 Å². The van der Waals surface area contributed by atoms with Gasteiger partial charge in [0.1, 0.15) is 5.82 Å². The Morgan fingerprint density at radius 1 is 1.22 bits per heavy atom. The summed E-state index contributed by atoms with van der Waals surface area (Å²) in [5.74, 6) is 0.0678. The van der Waals surface area contributed by atoms with E-state index in [-0.39, 0.29) is 29.7 Å². The van der Waals surface area contributed by atoms with Crippen molar-refractivity contribution < 1.29 is 14.0 Å². The number of halogens is 1. The van der Waals surface area contributed by atoms with Gasteiger partial charge in [-0.05, 0) is 42.9 Å². The molecule has 0 bridgehead atoms. The Morgan fingerprint density at radius 2 is 1.87 bits per heavy atom. The third-order valence-electron chi connectivity index (χ3n) is 4.79. The molecule has 0 aromatic heterocycles. The highest BCUT2D eigenvalue weighted by molar-refractivity contribution is 5.76. The number of likely N-dealkylation sites (tertiary alicyclic amines) is 1. The van der Waals surface area contributed by atoms with Gasteiger partial charge >= 0.3 is 6.03 Å². The lowest BCUT2D eigenvalue weighted by molar-refractivity contribution is -0.119. The number of hydrogen-bond acceptors (Lipinski definition) is 2. The first kappa shape index (κ1) is 15.8. The minimum absolute atomic E-state index is 0.0443. The van der Waals surface area contributed by atoms with Gasteiger partial charge in [0, 0.05) is 31.5 Å². The van der Waals surface area contributed by atoms with Gasteiger partial charge in [0.25, 0.3) is 0 Å². The molecule has 3 rings (SSSR count). The predicted octanol–water partition coefficient (Wildman–Crippen LogP) is 1.98. The van der Waals surface area contributed by atoms with Crippen LogP contribution in [0.25, 0.3) is 0 Å². The third-order valence-corrected chi connectivity index (χ3v) is 4.79. The number of benzene rings is 1. The van der Waals surface area contributed by atoms with Crippen molar-refractivity contribution in [3.63, 3.8) is 0 Å². The fourth-order valence-corrected chi connectivity index (χ4v) is 3.31. The van der Waals surface area contributed by atoms with Crippen LogP contribution in [0.5, 0.6) is 0 Å². The van der Waals surface area contributed by atoms with Crippen LogP contribution in [-0.2, 0) is 4.79 Å². The molecule has 6 heteroatoms. The first-order valence-electron chi connectivity index (χ1n) is 8.12. The van der Waals surface area contributed by atoms with Crippen LogP contribution in [0, 0.1) is 11.7 Å². The fraction of sp³-hybridized carbons (Fsp3) is 0.529. The van der Waals surface area contributed by atoms with Crippen LogP contribution < -0.4 is 11.1 Å². The minimum atomic E-state index is -0.270. The second kappa shape index (κ2) is 6.56. The number of rotatable bonds is 4. The number of urea groups is 1. The van der Waals surface area contributed by atoms with Gasteiger partial charge in [-0.2, -0.15) is 0 Å². The summed E-state index contributed by atoms with van der Waals surface area (Å²) in [6, 6.07) is 6.56. The second-order valence-electron chi connectivity index (χ2n) is 6.55. The van der Waals surface area contributed by atoms with E-state index in [1.54, 1.807) is 17.0 Å². The lowest BCUT2D eigenvalue weighted by Crippen LogP contribution is -2.45. The first-order valence-corrected chi connectivity index (χ1v) is 8.12. The predicted molar refractivity (Wildman–Crippen MR) is 84.2 cm³/mol. The van der Waals surface area contributed by atoms with E-state index in [1.807, 2.05) is 0 Å². The zero-order chi connectivity index (χ0) is 16.4. The maximum atomic E-state index is 12.9. The van der Waals surface area contributed by atoms with E-state index in [0.717, 1.165) is 24.8 Å². The number of amides is 3. The average molecular weight is 319 g/mol. The summed E-state index contributed by atoms with van der Waals surface area (Å²) in [5, 5.41) is 3.04. The van der Waals surface area contributed by atoms with Crippen molar-refractivity contribution in [1.82, 2.24) is 10.2 Å². The number of carbonyl (C=O) groups is 2. The number of carbonyl (C=O) groups excluding carboxylic acids is 2. The Kier molecular flexibility index (Phi) is 4.50. The number of piperidine rings is 1.